The van der Waals surface area contributed by atoms with Crippen LogP contribution in [0.1, 0.15) is 5.56 Å². The molecule has 0 aromatic heterocycles. The van der Waals surface area contributed by atoms with Gasteiger partial charge in [-0.15, -0.1) is 0 Å². The summed E-state index contributed by atoms with van der Waals surface area (Å²) in [6.07, 6.45) is -4.61. The Labute approximate surface area is 71.3 Å². The SMILES string of the molecule is NNc1c(F)cccc1C(F)(F)F. The molecule has 13 heavy (non-hydrogen) atoms. The maximum atomic E-state index is 12.7. The van der Waals surface area contributed by atoms with E-state index in [1.807, 2.05) is 0 Å². The van der Waals surface area contributed by atoms with Crippen molar-refractivity contribution in [2.45, 2.75) is 6.18 Å². The molecule has 0 unspecified atom stereocenters. The van der Waals surface area contributed by atoms with Gasteiger partial charge < -0.3 is 5.43 Å². The highest BCUT2D eigenvalue weighted by Gasteiger charge is 2.34. The zero-order valence-electron chi connectivity index (χ0n) is 6.32. The molecule has 1 rings (SSSR count). The second kappa shape index (κ2) is 3.21. The van der Waals surface area contributed by atoms with Crippen LogP contribution in [0.3, 0.4) is 0 Å². The summed E-state index contributed by atoms with van der Waals surface area (Å²) in [5, 5.41) is 0. The fourth-order valence-electron chi connectivity index (χ4n) is 0.907. The minimum Gasteiger partial charge on any atom is -0.321 e. The van der Waals surface area contributed by atoms with Crippen LogP contribution in [0.2, 0.25) is 0 Å². The maximum absolute atomic E-state index is 12.7. The fraction of sp³-hybridized carbons (Fsp3) is 0.143. The molecule has 0 aliphatic heterocycles. The predicted octanol–water partition coefficient (Wildman–Crippen LogP) is 2.13. The Morgan fingerprint density at radius 2 is 1.85 bits per heavy atom. The molecule has 2 nitrogen and oxygen atoms in total. The van der Waals surface area contributed by atoms with Crippen LogP contribution < -0.4 is 11.3 Å². The van der Waals surface area contributed by atoms with E-state index in [-0.39, 0.29) is 0 Å². The van der Waals surface area contributed by atoms with Crippen LogP contribution in [-0.4, -0.2) is 0 Å². The van der Waals surface area contributed by atoms with Gasteiger partial charge in [-0.2, -0.15) is 13.2 Å². The largest absolute Gasteiger partial charge is 0.418 e. The molecule has 0 bridgehead atoms. The molecule has 1 aromatic rings. The summed E-state index contributed by atoms with van der Waals surface area (Å²) in [5.41, 5.74) is -0.181. The van der Waals surface area contributed by atoms with E-state index >= 15 is 0 Å². The third-order valence-corrected chi connectivity index (χ3v) is 1.46. The smallest absolute Gasteiger partial charge is 0.321 e. The average molecular weight is 194 g/mol. The van der Waals surface area contributed by atoms with Crippen molar-refractivity contribution < 1.29 is 17.6 Å². The number of hydrazine groups is 1. The van der Waals surface area contributed by atoms with Crippen LogP contribution in [0.25, 0.3) is 0 Å². The molecule has 0 aliphatic rings. The van der Waals surface area contributed by atoms with Crippen LogP contribution in [0.15, 0.2) is 18.2 Å². The zero-order chi connectivity index (χ0) is 10.1. The van der Waals surface area contributed by atoms with Crippen molar-refractivity contribution in [3.63, 3.8) is 0 Å². The number of alkyl halides is 3. The van der Waals surface area contributed by atoms with Crippen LogP contribution in [0.4, 0.5) is 23.2 Å². The van der Waals surface area contributed by atoms with Gasteiger partial charge in [0.1, 0.15) is 5.82 Å². The first-order valence-electron chi connectivity index (χ1n) is 3.29. The predicted molar refractivity (Wildman–Crippen MR) is 39.2 cm³/mol. The molecular formula is C7H6F4N2. The Balaban J connectivity index is 3.29. The lowest BCUT2D eigenvalue weighted by molar-refractivity contribution is -0.137. The van der Waals surface area contributed by atoms with Crippen molar-refractivity contribution in [2.24, 2.45) is 5.84 Å². The first-order chi connectivity index (χ1) is 5.96. The van der Waals surface area contributed by atoms with Gasteiger partial charge >= 0.3 is 6.18 Å². The summed E-state index contributed by atoms with van der Waals surface area (Å²) >= 11 is 0. The quantitative estimate of drug-likeness (QED) is 0.408. The van der Waals surface area contributed by atoms with Crippen molar-refractivity contribution in [2.75, 3.05) is 5.43 Å². The number of nitrogens with two attached hydrogens (primary N) is 1. The van der Waals surface area contributed by atoms with Crippen molar-refractivity contribution in [1.82, 2.24) is 0 Å². The van der Waals surface area contributed by atoms with Crippen molar-refractivity contribution in [1.29, 1.82) is 0 Å². The van der Waals surface area contributed by atoms with E-state index in [0.717, 1.165) is 18.2 Å². The van der Waals surface area contributed by atoms with Gasteiger partial charge in [-0.25, -0.2) is 4.39 Å². The van der Waals surface area contributed by atoms with Crippen molar-refractivity contribution >= 4 is 5.69 Å². The lowest BCUT2D eigenvalue weighted by Crippen LogP contribution is -2.16. The van der Waals surface area contributed by atoms with Crippen LogP contribution in [-0.2, 0) is 6.18 Å². The highest BCUT2D eigenvalue weighted by Crippen LogP contribution is 2.35. The maximum Gasteiger partial charge on any atom is 0.418 e. The Bertz CT molecular complexity index is 308. The molecule has 72 valence electrons. The minimum absolute atomic E-state index is 0.741. The molecule has 0 amide bonds. The van der Waals surface area contributed by atoms with Gasteiger partial charge in [-0.3, -0.25) is 5.84 Å². The summed E-state index contributed by atoms with van der Waals surface area (Å²) < 4.78 is 49.2. The van der Waals surface area contributed by atoms with Crippen LogP contribution in [0.5, 0.6) is 0 Å². The molecule has 0 radical (unpaired) electrons. The van der Waals surface area contributed by atoms with E-state index in [1.165, 1.54) is 0 Å². The van der Waals surface area contributed by atoms with Gasteiger partial charge in [0.2, 0.25) is 0 Å². The molecule has 0 spiro atoms. The molecular weight excluding hydrogens is 188 g/mol. The summed E-state index contributed by atoms with van der Waals surface area (Å²) in [4.78, 5) is 0. The standard InChI is InChI=1S/C7H6F4N2/c8-5-3-1-2-4(6(5)13-12)7(9,10)11/h1-3,13H,12H2. The topological polar surface area (TPSA) is 38.0 Å². The highest BCUT2D eigenvalue weighted by molar-refractivity contribution is 5.52. The van der Waals surface area contributed by atoms with Gasteiger partial charge in [0, 0.05) is 0 Å². The molecule has 0 atom stereocenters. The first-order valence-corrected chi connectivity index (χ1v) is 3.29. The molecule has 0 saturated heterocycles. The third kappa shape index (κ3) is 1.89. The lowest BCUT2D eigenvalue weighted by atomic mass is 10.1. The molecule has 0 heterocycles. The number of rotatable bonds is 1. The van der Waals surface area contributed by atoms with Crippen molar-refractivity contribution in [3.05, 3.63) is 29.6 Å². The van der Waals surface area contributed by atoms with Gasteiger partial charge in [0.15, 0.2) is 0 Å². The Hall–Kier alpha value is -1.30. The first kappa shape index (κ1) is 9.79. The van der Waals surface area contributed by atoms with Gasteiger partial charge in [-0.05, 0) is 12.1 Å². The molecule has 6 heteroatoms. The molecule has 0 fully saturated rings. The summed E-state index contributed by atoms with van der Waals surface area (Å²) in [5.74, 6) is 3.73. The number of anilines is 1. The third-order valence-electron chi connectivity index (χ3n) is 1.46. The van der Waals surface area contributed by atoms with Gasteiger partial charge in [0.25, 0.3) is 0 Å². The monoisotopic (exact) mass is 194 g/mol. The van der Waals surface area contributed by atoms with E-state index in [0.29, 0.717) is 0 Å². The summed E-state index contributed by atoms with van der Waals surface area (Å²) in [6, 6.07) is 2.61. The number of para-hydroxylation sites is 1. The zero-order valence-corrected chi connectivity index (χ0v) is 6.32. The second-order valence-corrected chi connectivity index (χ2v) is 2.30. The second-order valence-electron chi connectivity index (χ2n) is 2.30. The number of hydrogen-bond donors (Lipinski definition) is 2. The average Bonchev–Trinajstić information content (AvgIpc) is 2.02. The Morgan fingerprint density at radius 1 is 1.23 bits per heavy atom. The molecule has 3 N–H and O–H groups in total. The van der Waals surface area contributed by atoms with Gasteiger partial charge in [-0.1, -0.05) is 6.07 Å². The van der Waals surface area contributed by atoms with Gasteiger partial charge in [0.05, 0.1) is 11.3 Å². The molecule has 1 aromatic carbocycles. The molecule has 0 aliphatic carbocycles. The normalized spacial score (nSPS) is 11.5. The Kier molecular flexibility index (Phi) is 2.42. The molecule has 0 saturated carbocycles. The number of halogens is 4. The van der Waals surface area contributed by atoms with Crippen molar-refractivity contribution in [3.8, 4) is 0 Å². The van der Waals surface area contributed by atoms with E-state index in [4.69, 9.17) is 5.84 Å². The number of benzene rings is 1. The number of nitrogen functional groups attached to an aromatic ring is 1. The van der Waals surface area contributed by atoms with E-state index in [9.17, 15) is 17.6 Å². The lowest BCUT2D eigenvalue weighted by Gasteiger charge is -2.12. The minimum atomic E-state index is -4.61. The summed E-state index contributed by atoms with van der Waals surface area (Å²) in [6.45, 7) is 0. The summed E-state index contributed by atoms with van der Waals surface area (Å²) in [7, 11) is 0. The fourth-order valence-corrected chi connectivity index (χ4v) is 0.907. The number of nitrogens with one attached hydrogen (secondary N) is 1. The van der Waals surface area contributed by atoms with Crippen LogP contribution in [0, 0.1) is 5.82 Å². The van der Waals surface area contributed by atoms with E-state index in [1.54, 1.807) is 5.43 Å². The van der Waals surface area contributed by atoms with Crippen LogP contribution >= 0.6 is 0 Å². The van der Waals surface area contributed by atoms with E-state index < -0.39 is 23.2 Å². The Morgan fingerprint density at radius 3 is 2.23 bits per heavy atom. The highest BCUT2D eigenvalue weighted by atomic mass is 19.4. The van der Waals surface area contributed by atoms with E-state index in [2.05, 4.69) is 0 Å². The number of hydrogen-bond acceptors (Lipinski definition) is 2.